The van der Waals surface area contributed by atoms with Crippen molar-refractivity contribution in [3.63, 3.8) is 0 Å². The Balaban J connectivity index is 1.62. The molecular weight excluding hydrogens is 367 g/mol. The van der Waals surface area contributed by atoms with Crippen molar-refractivity contribution in [2.24, 2.45) is 5.92 Å². The minimum atomic E-state index is -0.339. The van der Waals surface area contributed by atoms with Gasteiger partial charge in [-0.25, -0.2) is 9.37 Å². The number of carbonyl (C=O) groups excluding carboxylic acids is 1. The molecule has 24 heavy (non-hydrogen) atoms. The van der Waals surface area contributed by atoms with Crippen LogP contribution in [0.2, 0.25) is 5.02 Å². The number of nitrogens with zero attached hydrogens (tertiary/aromatic N) is 1. The maximum Gasteiger partial charge on any atom is 0.269 e. The van der Waals surface area contributed by atoms with Gasteiger partial charge >= 0.3 is 0 Å². The number of hydrogen-bond donors (Lipinski definition) is 1. The topological polar surface area (TPSA) is 42.0 Å². The van der Waals surface area contributed by atoms with Gasteiger partial charge in [-0.15, -0.1) is 22.7 Å². The molecule has 3 aromatic rings. The summed E-state index contributed by atoms with van der Waals surface area (Å²) in [4.78, 5) is 18.7. The SMILES string of the molecule is CC1CCc2nc(NC(=O)c3sc4cc(F)ccc4c3Cl)sc2C1. The van der Waals surface area contributed by atoms with Crippen LogP contribution >= 0.6 is 34.3 Å². The second kappa shape index (κ2) is 6.10. The first kappa shape index (κ1) is 16.0. The molecule has 0 bridgehead atoms. The standard InChI is InChI=1S/C17H14ClFN2OS2/c1-8-2-5-11-13(6-8)24-17(20-11)21-16(22)15-14(18)10-4-3-9(19)7-12(10)23-15/h3-4,7-8H,2,5-6H2,1H3,(H,20,21,22). The fourth-order valence-corrected chi connectivity index (χ4v) is 5.54. The van der Waals surface area contributed by atoms with Gasteiger partial charge in [-0.05, 0) is 43.4 Å². The molecule has 2 aromatic heterocycles. The summed E-state index contributed by atoms with van der Waals surface area (Å²) in [5, 5.41) is 4.52. The lowest BCUT2D eigenvalue weighted by Crippen LogP contribution is -2.11. The minimum Gasteiger partial charge on any atom is -0.297 e. The van der Waals surface area contributed by atoms with E-state index in [-0.39, 0.29) is 11.7 Å². The predicted octanol–water partition coefficient (Wildman–Crippen LogP) is 5.53. The van der Waals surface area contributed by atoms with E-state index >= 15 is 0 Å². The monoisotopic (exact) mass is 380 g/mol. The van der Waals surface area contributed by atoms with Gasteiger partial charge in [0.25, 0.3) is 5.91 Å². The summed E-state index contributed by atoms with van der Waals surface area (Å²) in [5.41, 5.74) is 1.10. The van der Waals surface area contributed by atoms with Crippen LogP contribution in [0, 0.1) is 11.7 Å². The van der Waals surface area contributed by atoms with Crippen LogP contribution in [-0.2, 0) is 12.8 Å². The number of nitrogens with one attached hydrogen (secondary N) is 1. The van der Waals surface area contributed by atoms with Gasteiger partial charge < -0.3 is 0 Å². The van der Waals surface area contributed by atoms with E-state index in [0.717, 1.165) is 25.0 Å². The van der Waals surface area contributed by atoms with Crippen LogP contribution in [0.1, 0.15) is 33.6 Å². The molecule has 2 heterocycles. The van der Waals surface area contributed by atoms with Gasteiger partial charge in [0.05, 0.1) is 10.7 Å². The molecule has 1 unspecified atom stereocenters. The second-order valence-corrected chi connectivity index (χ2v) is 8.59. The normalized spacial score (nSPS) is 17.0. The van der Waals surface area contributed by atoms with Gasteiger partial charge in [0.15, 0.2) is 5.13 Å². The number of amides is 1. The lowest BCUT2D eigenvalue weighted by Gasteiger charge is -2.15. The van der Waals surface area contributed by atoms with E-state index in [2.05, 4.69) is 17.2 Å². The third kappa shape index (κ3) is 2.83. The number of fused-ring (bicyclic) bond motifs is 2. The number of carbonyl (C=O) groups is 1. The van der Waals surface area contributed by atoms with Crippen LogP contribution in [0.15, 0.2) is 18.2 Å². The zero-order valence-electron chi connectivity index (χ0n) is 12.9. The molecule has 7 heteroatoms. The first-order valence-corrected chi connectivity index (χ1v) is 9.70. The van der Waals surface area contributed by atoms with Gasteiger partial charge in [-0.2, -0.15) is 0 Å². The van der Waals surface area contributed by atoms with Crippen molar-refractivity contribution in [3.05, 3.63) is 44.5 Å². The van der Waals surface area contributed by atoms with Crippen molar-refractivity contribution >= 4 is 55.4 Å². The summed E-state index contributed by atoms with van der Waals surface area (Å²) < 4.78 is 14.0. The summed E-state index contributed by atoms with van der Waals surface area (Å²) in [5.74, 6) is 0.0308. The molecule has 0 saturated heterocycles. The number of rotatable bonds is 2. The molecule has 1 N–H and O–H groups in total. The zero-order chi connectivity index (χ0) is 16.8. The molecule has 0 saturated carbocycles. The lowest BCUT2D eigenvalue weighted by molar-refractivity contribution is 0.103. The number of anilines is 1. The highest BCUT2D eigenvalue weighted by molar-refractivity contribution is 7.22. The summed E-state index contributed by atoms with van der Waals surface area (Å²) in [7, 11) is 0. The molecule has 1 aromatic carbocycles. The fraction of sp³-hybridized carbons (Fsp3) is 0.294. The molecule has 0 spiro atoms. The van der Waals surface area contributed by atoms with E-state index in [1.54, 1.807) is 6.07 Å². The molecular formula is C17H14ClFN2OS2. The van der Waals surface area contributed by atoms with E-state index in [1.807, 2.05) is 0 Å². The largest absolute Gasteiger partial charge is 0.297 e. The third-order valence-electron chi connectivity index (χ3n) is 4.20. The highest BCUT2D eigenvalue weighted by Crippen LogP contribution is 2.37. The van der Waals surface area contributed by atoms with Gasteiger partial charge in [0.1, 0.15) is 10.7 Å². The Morgan fingerprint density at radius 3 is 3.08 bits per heavy atom. The first-order valence-electron chi connectivity index (χ1n) is 7.68. The molecule has 124 valence electrons. The summed E-state index contributed by atoms with van der Waals surface area (Å²) in [6.07, 6.45) is 3.12. The first-order chi connectivity index (χ1) is 11.5. The number of thiophene rings is 1. The van der Waals surface area contributed by atoms with Crippen LogP contribution in [-0.4, -0.2) is 10.9 Å². The molecule has 0 aliphatic heterocycles. The Hall–Kier alpha value is -1.50. The fourth-order valence-electron chi connectivity index (χ4n) is 2.93. The van der Waals surface area contributed by atoms with Crippen LogP contribution < -0.4 is 5.32 Å². The van der Waals surface area contributed by atoms with E-state index < -0.39 is 0 Å². The van der Waals surface area contributed by atoms with Gasteiger partial charge in [0.2, 0.25) is 0 Å². The van der Waals surface area contributed by atoms with E-state index in [9.17, 15) is 9.18 Å². The predicted molar refractivity (Wildman–Crippen MR) is 98.0 cm³/mol. The number of hydrogen-bond acceptors (Lipinski definition) is 4. The highest BCUT2D eigenvalue weighted by atomic mass is 35.5. The Bertz CT molecular complexity index is 950. The van der Waals surface area contributed by atoms with E-state index in [0.29, 0.717) is 31.0 Å². The summed E-state index contributed by atoms with van der Waals surface area (Å²) in [6, 6.07) is 4.34. The van der Waals surface area contributed by atoms with Gasteiger partial charge in [-0.3, -0.25) is 10.1 Å². The molecule has 1 amide bonds. The maximum atomic E-state index is 13.3. The third-order valence-corrected chi connectivity index (χ3v) is 6.90. The van der Waals surface area contributed by atoms with Crippen molar-refractivity contribution in [1.29, 1.82) is 0 Å². The highest BCUT2D eigenvalue weighted by Gasteiger charge is 2.22. The molecule has 0 fully saturated rings. The Kier molecular flexibility index (Phi) is 4.06. The Morgan fingerprint density at radius 1 is 1.42 bits per heavy atom. The molecule has 4 rings (SSSR count). The molecule has 1 aliphatic rings. The number of aromatic nitrogens is 1. The van der Waals surface area contributed by atoms with Crippen molar-refractivity contribution in [3.8, 4) is 0 Å². The maximum absolute atomic E-state index is 13.3. The lowest BCUT2D eigenvalue weighted by atomic mass is 9.93. The smallest absolute Gasteiger partial charge is 0.269 e. The summed E-state index contributed by atoms with van der Waals surface area (Å²) in [6.45, 7) is 2.23. The summed E-state index contributed by atoms with van der Waals surface area (Å²) >= 11 is 9.03. The zero-order valence-corrected chi connectivity index (χ0v) is 15.2. The molecule has 0 radical (unpaired) electrons. The molecule has 1 aliphatic carbocycles. The number of aryl methyl sites for hydroxylation is 1. The quantitative estimate of drug-likeness (QED) is 0.635. The van der Waals surface area contributed by atoms with Crippen molar-refractivity contribution in [1.82, 2.24) is 4.98 Å². The number of thiazole rings is 1. The van der Waals surface area contributed by atoms with E-state index in [1.165, 1.54) is 39.7 Å². The van der Waals surface area contributed by atoms with Crippen LogP contribution in [0.5, 0.6) is 0 Å². The van der Waals surface area contributed by atoms with Crippen molar-refractivity contribution in [2.45, 2.75) is 26.2 Å². The van der Waals surface area contributed by atoms with Crippen LogP contribution in [0.3, 0.4) is 0 Å². The second-order valence-electron chi connectivity index (χ2n) is 6.08. The molecule has 3 nitrogen and oxygen atoms in total. The number of benzene rings is 1. The number of halogens is 2. The van der Waals surface area contributed by atoms with E-state index in [4.69, 9.17) is 11.6 Å². The Morgan fingerprint density at radius 2 is 2.25 bits per heavy atom. The van der Waals surface area contributed by atoms with Gasteiger partial charge in [-0.1, -0.05) is 18.5 Å². The average Bonchev–Trinajstić information content (AvgIpc) is 3.07. The average molecular weight is 381 g/mol. The molecule has 1 atom stereocenters. The van der Waals surface area contributed by atoms with Gasteiger partial charge in [0, 0.05) is 15.0 Å². The van der Waals surface area contributed by atoms with Crippen LogP contribution in [0.4, 0.5) is 9.52 Å². The minimum absolute atomic E-state index is 0.291. The van der Waals surface area contributed by atoms with Crippen LogP contribution in [0.25, 0.3) is 10.1 Å². The Labute approximate surface area is 151 Å². The van der Waals surface area contributed by atoms with Crippen molar-refractivity contribution < 1.29 is 9.18 Å². The van der Waals surface area contributed by atoms with Crippen molar-refractivity contribution in [2.75, 3.05) is 5.32 Å².